The zero-order valence-electron chi connectivity index (χ0n) is 13.6. The van der Waals surface area contributed by atoms with Crippen LogP contribution in [0.25, 0.3) is 0 Å². The molecule has 1 aliphatic heterocycles. The fraction of sp³-hybridized carbons (Fsp3) is 0.333. The minimum atomic E-state index is -1.20. The predicted molar refractivity (Wildman–Crippen MR) is 92.8 cm³/mol. The SMILES string of the molecule is COc1ccc(/C=N\N=C2/NC(=O)C(CCO)S2)c(C(=O)O)c1OC. The second-order valence-corrected chi connectivity index (χ2v) is 6.02. The maximum atomic E-state index is 11.6. The summed E-state index contributed by atoms with van der Waals surface area (Å²) in [4.78, 5) is 23.2. The molecule has 1 atom stereocenters. The standard InChI is InChI=1S/C15H17N3O6S/c1-23-9-4-3-8(11(14(21)22)12(9)24-2)7-16-18-15-17-13(20)10(25-15)5-6-19/h3-4,7,10,19H,5-6H2,1-2H3,(H,21,22)(H,17,18,20)/b16-7-. The molecule has 1 heterocycles. The molecule has 0 aromatic heterocycles. The summed E-state index contributed by atoms with van der Waals surface area (Å²) < 4.78 is 10.2. The summed E-state index contributed by atoms with van der Waals surface area (Å²) in [5, 5.41) is 28.4. The predicted octanol–water partition coefficient (Wildman–Crippen LogP) is 0.706. The van der Waals surface area contributed by atoms with Crippen LogP contribution in [0.3, 0.4) is 0 Å². The van der Waals surface area contributed by atoms with Crippen LogP contribution in [-0.4, -0.2) is 59.5 Å². The fourth-order valence-corrected chi connectivity index (χ4v) is 3.09. The number of carbonyl (C=O) groups is 2. The molecular weight excluding hydrogens is 350 g/mol. The molecule has 9 nitrogen and oxygen atoms in total. The molecule has 1 aliphatic rings. The lowest BCUT2D eigenvalue weighted by Crippen LogP contribution is -2.25. The normalized spacial score (nSPS) is 18.6. The maximum absolute atomic E-state index is 11.6. The van der Waals surface area contributed by atoms with E-state index in [0.29, 0.717) is 6.42 Å². The summed E-state index contributed by atoms with van der Waals surface area (Å²) in [5.41, 5.74) is 0.169. The van der Waals surface area contributed by atoms with Gasteiger partial charge in [-0.1, -0.05) is 11.8 Å². The number of ether oxygens (including phenoxy) is 2. The summed E-state index contributed by atoms with van der Waals surface area (Å²) in [6.07, 6.45) is 1.57. The third-order valence-electron chi connectivity index (χ3n) is 3.30. The van der Waals surface area contributed by atoms with Gasteiger partial charge in [0.2, 0.25) is 5.91 Å². The number of hydrogen-bond acceptors (Lipinski definition) is 8. The zero-order valence-corrected chi connectivity index (χ0v) is 14.4. The number of hydrogen-bond donors (Lipinski definition) is 3. The van der Waals surface area contributed by atoms with Gasteiger partial charge in [0.15, 0.2) is 16.7 Å². The van der Waals surface area contributed by atoms with Crippen molar-refractivity contribution >= 4 is 35.0 Å². The van der Waals surface area contributed by atoms with Gasteiger partial charge in [-0.25, -0.2) is 4.79 Å². The summed E-state index contributed by atoms with van der Waals surface area (Å²) in [6, 6.07) is 3.08. The Morgan fingerprint density at radius 1 is 1.40 bits per heavy atom. The van der Waals surface area contributed by atoms with Gasteiger partial charge in [-0.3, -0.25) is 4.79 Å². The number of nitrogens with one attached hydrogen (secondary N) is 1. The number of carboxylic acids is 1. The lowest BCUT2D eigenvalue weighted by molar-refractivity contribution is -0.119. The van der Waals surface area contributed by atoms with Crippen LogP contribution in [0.15, 0.2) is 22.3 Å². The van der Waals surface area contributed by atoms with Gasteiger partial charge in [0.25, 0.3) is 0 Å². The Hall–Kier alpha value is -2.59. The van der Waals surface area contributed by atoms with Gasteiger partial charge in [-0.05, 0) is 18.6 Å². The van der Waals surface area contributed by atoms with Crippen molar-refractivity contribution in [2.75, 3.05) is 20.8 Å². The second kappa shape index (κ2) is 8.49. The average Bonchev–Trinajstić information content (AvgIpc) is 2.94. The van der Waals surface area contributed by atoms with Crippen LogP contribution in [-0.2, 0) is 4.79 Å². The Balaban J connectivity index is 2.25. The highest BCUT2D eigenvalue weighted by molar-refractivity contribution is 8.15. The second-order valence-electron chi connectivity index (χ2n) is 4.83. The van der Waals surface area contributed by atoms with Crippen LogP contribution in [0.4, 0.5) is 0 Å². The maximum Gasteiger partial charge on any atom is 0.340 e. The molecule has 0 bridgehead atoms. The third kappa shape index (κ3) is 4.28. The van der Waals surface area contributed by atoms with Crippen molar-refractivity contribution in [1.29, 1.82) is 0 Å². The first-order chi connectivity index (χ1) is 12.0. The number of benzene rings is 1. The Kier molecular flexibility index (Phi) is 6.37. The number of aromatic carboxylic acids is 1. The number of aliphatic hydroxyl groups excluding tert-OH is 1. The summed E-state index contributed by atoms with van der Waals surface area (Å²) in [7, 11) is 2.75. The number of carbonyl (C=O) groups excluding carboxylic acids is 1. The molecule has 3 N–H and O–H groups in total. The van der Waals surface area contributed by atoms with Gasteiger partial charge in [0.05, 0.1) is 25.7 Å². The van der Waals surface area contributed by atoms with Gasteiger partial charge in [-0.15, -0.1) is 5.10 Å². The van der Waals surface area contributed by atoms with Crippen LogP contribution < -0.4 is 14.8 Å². The van der Waals surface area contributed by atoms with Crippen molar-refractivity contribution in [3.8, 4) is 11.5 Å². The molecule has 1 fully saturated rings. The Morgan fingerprint density at radius 3 is 2.76 bits per heavy atom. The molecule has 25 heavy (non-hydrogen) atoms. The van der Waals surface area contributed by atoms with Gasteiger partial charge < -0.3 is 25.0 Å². The first-order valence-corrected chi connectivity index (χ1v) is 8.07. The molecule has 0 saturated carbocycles. The summed E-state index contributed by atoms with van der Waals surface area (Å²) in [5.74, 6) is -1.08. The van der Waals surface area contributed by atoms with Gasteiger partial charge in [-0.2, -0.15) is 5.10 Å². The molecular formula is C15H17N3O6S. The Morgan fingerprint density at radius 2 is 2.16 bits per heavy atom. The molecule has 0 spiro atoms. The highest BCUT2D eigenvalue weighted by atomic mass is 32.2. The van der Waals surface area contributed by atoms with Crippen LogP contribution in [0, 0.1) is 0 Å². The number of rotatable bonds is 7. The lowest BCUT2D eigenvalue weighted by Gasteiger charge is -2.11. The van der Waals surface area contributed by atoms with Crippen molar-refractivity contribution in [2.24, 2.45) is 10.2 Å². The first-order valence-electron chi connectivity index (χ1n) is 7.19. The topological polar surface area (TPSA) is 130 Å². The van der Waals surface area contributed by atoms with E-state index in [2.05, 4.69) is 15.5 Å². The number of amidine groups is 1. The largest absolute Gasteiger partial charge is 0.493 e. The number of carboxylic acid groups (broad SMARTS) is 1. The van der Waals surface area contributed by atoms with Crippen molar-refractivity contribution in [1.82, 2.24) is 5.32 Å². The number of thioether (sulfide) groups is 1. The van der Waals surface area contributed by atoms with E-state index in [9.17, 15) is 14.7 Å². The lowest BCUT2D eigenvalue weighted by atomic mass is 10.1. The molecule has 0 radical (unpaired) electrons. The van der Waals surface area contributed by atoms with E-state index < -0.39 is 11.2 Å². The minimum Gasteiger partial charge on any atom is -0.493 e. The van der Waals surface area contributed by atoms with Crippen molar-refractivity contribution in [3.05, 3.63) is 23.3 Å². The van der Waals surface area contributed by atoms with E-state index >= 15 is 0 Å². The van der Waals surface area contributed by atoms with E-state index in [1.165, 1.54) is 26.5 Å². The van der Waals surface area contributed by atoms with Gasteiger partial charge in [0.1, 0.15) is 5.56 Å². The monoisotopic (exact) mass is 367 g/mol. The number of amides is 1. The van der Waals surface area contributed by atoms with Crippen molar-refractivity contribution in [3.63, 3.8) is 0 Å². The molecule has 1 aromatic carbocycles. The van der Waals surface area contributed by atoms with Crippen molar-refractivity contribution in [2.45, 2.75) is 11.7 Å². The van der Waals surface area contributed by atoms with Crippen LogP contribution in [0.2, 0.25) is 0 Å². The Labute approximate surface area is 147 Å². The van der Waals surface area contributed by atoms with Crippen LogP contribution in [0.1, 0.15) is 22.3 Å². The first kappa shape index (κ1) is 18.7. The van der Waals surface area contributed by atoms with E-state index in [0.717, 1.165) is 11.8 Å². The molecule has 134 valence electrons. The molecule has 0 aliphatic carbocycles. The van der Waals surface area contributed by atoms with Crippen molar-refractivity contribution < 1.29 is 29.3 Å². The van der Waals surface area contributed by atoms with Gasteiger partial charge >= 0.3 is 5.97 Å². The van der Waals surface area contributed by atoms with Gasteiger partial charge in [0, 0.05) is 12.2 Å². The molecule has 2 rings (SSSR count). The van der Waals surface area contributed by atoms with Crippen LogP contribution in [0.5, 0.6) is 11.5 Å². The fourth-order valence-electron chi connectivity index (χ4n) is 2.17. The van der Waals surface area contributed by atoms with Crippen LogP contribution >= 0.6 is 11.8 Å². The third-order valence-corrected chi connectivity index (χ3v) is 4.45. The summed E-state index contributed by atoms with van der Waals surface area (Å²) >= 11 is 1.16. The number of nitrogens with zero attached hydrogens (tertiary/aromatic N) is 2. The zero-order chi connectivity index (χ0) is 18.4. The Bertz CT molecular complexity index is 734. The smallest absolute Gasteiger partial charge is 0.340 e. The average molecular weight is 367 g/mol. The number of methoxy groups -OCH3 is 2. The molecule has 1 unspecified atom stereocenters. The minimum absolute atomic E-state index is 0.0816. The quantitative estimate of drug-likeness (QED) is 0.478. The van der Waals surface area contributed by atoms with E-state index in [1.54, 1.807) is 6.07 Å². The number of aliphatic hydroxyl groups is 1. The molecule has 1 amide bonds. The molecule has 1 saturated heterocycles. The molecule has 10 heteroatoms. The van der Waals surface area contributed by atoms with E-state index in [4.69, 9.17) is 14.6 Å². The highest BCUT2D eigenvalue weighted by Gasteiger charge is 2.29. The summed E-state index contributed by atoms with van der Waals surface area (Å²) in [6.45, 7) is -0.102. The molecule has 1 aromatic rings. The van der Waals surface area contributed by atoms with E-state index in [-0.39, 0.29) is 40.3 Å². The highest BCUT2D eigenvalue weighted by Crippen LogP contribution is 2.33. The van der Waals surface area contributed by atoms with E-state index in [1.807, 2.05) is 0 Å².